The van der Waals surface area contributed by atoms with Crippen LogP contribution in [0.4, 0.5) is 0 Å². The number of hydrogen-bond donors (Lipinski definition) is 0. The first kappa shape index (κ1) is 23.0. The highest BCUT2D eigenvalue weighted by Crippen LogP contribution is 2.36. The minimum Gasteiger partial charge on any atom is -0.492 e. The van der Waals surface area contributed by atoms with Crippen LogP contribution in [0.15, 0.2) is 79.0 Å². The molecule has 0 fully saturated rings. The van der Waals surface area contributed by atoms with Gasteiger partial charge in [-0.05, 0) is 66.7 Å². The molecule has 1 aromatic heterocycles. The van der Waals surface area contributed by atoms with Crippen LogP contribution in [0.1, 0.15) is 24.5 Å². The van der Waals surface area contributed by atoms with Crippen LogP contribution in [-0.2, 0) is 0 Å². The van der Waals surface area contributed by atoms with E-state index in [0.29, 0.717) is 6.61 Å². The van der Waals surface area contributed by atoms with E-state index in [1.54, 1.807) is 0 Å². The van der Waals surface area contributed by atoms with Crippen molar-refractivity contribution < 1.29 is 4.74 Å². The van der Waals surface area contributed by atoms with Gasteiger partial charge in [0.25, 0.3) is 0 Å². The van der Waals surface area contributed by atoms with Gasteiger partial charge in [0, 0.05) is 18.1 Å². The number of nitrogens with zero attached hydrogens (tertiary/aromatic N) is 2. The lowest BCUT2D eigenvalue weighted by molar-refractivity contribution is 0.261. The second kappa shape index (κ2) is 10.6. The molecule has 162 valence electrons. The van der Waals surface area contributed by atoms with E-state index < -0.39 is 8.07 Å². The van der Waals surface area contributed by atoms with Crippen molar-refractivity contribution in [3.63, 3.8) is 0 Å². The van der Waals surface area contributed by atoms with Crippen LogP contribution in [0.3, 0.4) is 0 Å². The van der Waals surface area contributed by atoms with Crippen LogP contribution < -0.4 is 10.1 Å². The lowest BCUT2D eigenvalue weighted by Gasteiger charge is -2.29. The fourth-order valence-electron chi connectivity index (χ4n) is 4.00. The molecule has 0 unspecified atom stereocenters. The Morgan fingerprint density at radius 2 is 1.55 bits per heavy atom. The molecule has 0 aliphatic heterocycles. The van der Waals surface area contributed by atoms with Gasteiger partial charge in [-0.15, -0.1) is 0 Å². The molecule has 31 heavy (non-hydrogen) atoms. The molecule has 3 nitrogen and oxygen atoms in total. The van der Waals surface area contributed by atoms with Crippen molar-refractivity contribution in [2.24, 2.45) is 0 Å². The van der Waals surface area contributed by atoms with Gasteiger partial charge in [0.1, 0.15) is 20.4 Å². The summed E-state index contributed by atoms with van der Waals surface area (Å²) < 4.78 is 5.93. The first-order valence-corrected chi connectivity index (χ1v) is 14.0. The summed E-state index contributed by atoms with van der Waals surface area (Å²) in [7, 11) is 2.07. The van der Waals surface area contributed by atoms with Gasteiger partial charge in [0.15, 0.2) is 0 Å². The van der Waals surface area contributed by atoms with Gasteiger partial charge in [0.2, 0.25) is 0 Å². The Hall–Kier alpha value is -2.69. The van der Waals surface area contributed by atoms with Gasteiger partial charge in [-0.2, -0.15) is 0 Å². The van der Waals surface area contributed by atoms with Crippen molar-refractivity contribution in [2.45, 2.75) is 26.4 Å². The van der Waals surface area contributed by atoms with Crippen molar-refractivity contribution in [1.82, 2.24) is 9.88 Å². The van der Waals surface area contributed by atoms with Crippen molar-refractivity contribution in [3.05, 3.63) is 90.1 Å². The molecule has 0 atom stereocenters. The van der Waals surface area contributed by atoms with E-state index in [0.717, 1.165) is 18.7 Å². The average Bonchev–Trinajstić information content (AvgIpc) is 2.79. The summed E-state index contributed by atoms with van der Waals surface area (Å²) in [4.78, 5) is 6.91. The molecular formula is C27H34N2OSi. The van der Waals surface area contributed by atoms with Crippen LogP contribution in [0, 0.1) is 0 Å². The Morgan fingerprint density at radius 1 is 0.871 bits per heavy atom. The zero-order valence-electron chi connectivity index (χ0n) is 19.4. The molecule has 0 aliphatic carbocycles. The summed E-state index contributed by atoms with van der Waals surface area (Å²) in [5, 5.41) is 2.65. The van der Waals surface area contributed by atoms with Crippen molar-refractivity contribution in [2.75, 3.05) is 27.2 Å². The molecule has 0 N–H and O–H groups in total. The molecule has 0 saturated heterocycles. The monoisotopic (exact) mass is 430 g/mol. The average molecular weight is 431 g/mol. The van der Waals surface area contributed by atoms with E-state index in [2.05, 4.69) is 106 Å². The maximum Gasteiger partial charge on any atom is 0.136 e. The topological polar surface area (TPSA) is 25.4 Å². The standard InChI is InChI=1S/C27H34N2OSi/c1-6-25(22-12-8-7-9-13-22)27(31(4,5)26-14-10-11-19-28-26)23-15-17-24(18-16-23)30-21-20-29(2)3/h7-19H,6,20-21H2,1-5H3/b27-25+. The first-order valence-electron chi connectivity index (χ1n) is 11.0. The van der Waals surface area contributed by atoms with E-state index in [9.17, 15) is 0 Å². The number of benzene rings is 2. The lowest BCUT2D eigenvalue weighted by atomic mass is 10.00. The van der Waals surface area contributed by atoms with Crippen LogP contribution in [0.25, 0.3) is 10.8 Å². The lowest BCUT2D eigenvalue weighted by Crippen LogP contribution is -2.45. The van der Waals surface area contributed by atoms with E-state index in [1.165, 1.54) is 27.2 Å². The maximum atomic E-state index is 5.93. The van der Waals surface area contributed by atoms with E-state index >= 15 is 0 Å². The van der Waals surface area contributed by atoms with E-state index in [1.807, 2.05) is 12.3 Å². The summed E-state index contributed by atoms with van der Waals surface area (Å²) in [5.74, 6) is 0.917. The molecule has 0 bridgehead atoms. The molecule has 0 radical (unpaired) electrons. The molecule has 3 rings (SSSR count). The third kappa shape index (κ3) is 5.72. The largest absolute Gasteiger partial charge is 0.492 e. The SMILES string of the molecule is CC/C(=C(/c1ccc(OCCN(C)C)cc1)[Si](C)(C)c1ccccn1)c1ccccc1. The van der Waals surface area contributed by atoms with Gasteiger partial charge in [-0.1, -0.05) is 68.5 Å². The fourth-order valence-corrected chi connectivity index (χ4v) is 7.13. The van der Waals surface area contributed by atoms with Gasteiger partial charge >= 0.3 is 0 Å². The normalized spacial score (nSPS) is 12.6. The molecule has 3 aromatic rings. The highest BCUT2D eigenvalue weighted by atomic mass is 28.3. The zero-order valence-corrected chi connectivity index (χ0v) is 20.4. The minimum atomic E-state index is -2.05. The number of allylic oxidation sites excluding steroid dienone is 1. The van der Waals surface area contributed by atoms with Crippen molar-refractivity contribution >= 4 is 24.2 Å². The Bertz CT molecular complexity index is 981. The summed E-state index contributed by atoms with van der Waals surface area (Å²) >= 11 is 0. The molecule has 0 aliphatic rings. The van der Waals surface area contributed by atoms with Gasteiger partial charge < -0.3 is 9.64 Å². The van der Waals surface area contributed by atoms with Gasteiger partial charge in [-0.3, -0.25) is 4.98 Å². The van der Waals surface area contributed by atoms with Gasteiger partial charge in [0.05, 0.1) is 0 Å². The molecule has 4 heteroatoms. The molecule has 0 saturated carbocycles. The fraction of sp³-hybridized carbons (Fsp3) is 0.296. The van der Waals surface area contributed by atoms with Crippen molar-refractivity contribution in [1.29, 1.82) is 0 Å². The van der Waals surface area contributed by atoms with Crippen LogP contribution >= 0.6 is 0 Å². The number of likely N-dealkylation sites (N-methyl/N-ethyl adjacent to an activating group) is 1. The number of rotatable bonds is 9. The maximum absolute atomic E-state index is 5.93. The first-order chi connectivity index (χ1) is 14.9. The smallest absolute Gasteiger partial charge is 0.136 e. The molecule has 0 amide bonds. The Morgan fingerprint density at radius 3 is 2.13 bits per heavy atom. The second-order valence-electron chi connectivity index (χ2n) is 8.59. The zero-order chi connectivity index (χ0) is 22.3. The summed E-state index contributed by atoms with van der Waals surface area (Å²) in [6.07, 6.45) is 2.89. The second-order valence-corrected chi connectivity index (χ2v) is 12.9. The molecule has 0 spiro atoms. The third-order valence-electron chi connectivity index (χ3n) is 5.66. The number of hydrogen-bond acceptors (Lipinski definition) is 3. The highest BCUT2D eigenvalue weighted by Gasteiger charge is 2.33. The van der Waals surface area contributed by atoms with Gasteiger partial charge in [-0.25, -0.2) is 0 Å². The van der Waals surface area contributed by atoms with E-state index in [4.69, 9.17) is 9.72 Å². The Balaban J connectivity index is 2.08. The van der Waals surface area contributed by atoms with Crippen molar-refractivity contribution in [3.8, 4) is 5.75 Å². The summed E-state index contributed by atoms with van der Waals surface area (Å²) in [6.45, 7) is 8.66. The number of ether oxygens (including phenoxy) is 1. The number of aromatic nitrogens is 1. The molecule has 1 heterocycles. The Kier molecular flexibility index (Phi) is 7.83. The summed E-state index contributed by atoms with van der Waals surface area (Å²) in [6, 6.07) is 25.7. The third-order valence-corrected chi connectivity index (χ3v) is 9.07. The molecular weight excluding hydrogens is 396 g/mol. The predicted octanol–water partition coefficient (Wildman–Crippen LogP) is 5.50. The molecule has 2 aromatic carbocycles. The Labute approximate surface area is 188 Å². The summed E-state index contributed by atoms with van der Waals surface area (Å²) in [5.41, 5.74) is 3.97. The quantitative estimate of drug-likeness (QED) is 0.331. The highest BCUT2D eigenvalue weighted by molar-refractivity contribution is 7.05. The van der Waals surface area contributed by atoms with Crippen LogP contribution in [0.2, 0.25) is 13.1 Å². The van der Waals surface area contributed by atoms with E-state index in [-0.39, 0.29) is 0 Å². The number of pyridine rings is 1. The van der Waals surface area contributed by atoms with Crippen LogP contribution in [-0.4, -0.2) is 45.2 Å². The predicted molar refractivity (Wildman–Crippen MR) is 135 cm³/mol. The minimum absolute atomic E-state index is 0.688. The van der Waals surface area contributed by atoms with Crippen LogP contribution in [0.5, 0.6) is 5.75 Å².